The maximum absolute atomic E-state index is 2.35. The minimum atomic E-state index is 1.22. The summed E-state index contributed by atoms with van der Waals surface area (Å²) in [5.41, 5.74) is 3.07. The molecular weight excluding hydrogens is 416 g/mol. The molecule has 2 aromatic carbocycles. The fourth-order valence-corrected chi connectivity index (χ4v) is 5.77. The van der Waals surface area contributed by atoms with Gasteiger partial charge in [0.15, 0.2) is 0 Å². The molecule has 0 radical (unpaired) electrons. The van der Waals surface area contributed by atoms with E-state index in [2.05, 4.69) is 62.4 Å². The summed E-state index contributed by atoms with van der Waals surface area (Å²) in [4.78, 5) is 2.92. The molecule has 0 aliphatic carbocycles. The third kappa shape index (κ3) is 12.7. The Morgan fingerprint density at radius 2 is 0.758 bits per heavy atom. The van der Waals surface area contributed by atoms with Crippen LogP contribution in [0, 0.1) is 0 Å². The lowest BCUT2D eigenvalue weighted by atomic mass is 10.0. The largest absolute Gasteiger partial charge is 0.0895 e. The second-order valence-electron chi connectivity index (χ2n) is 9.77. The zero-order valence-corrected chi connectivity index (χ0v) is 22.6. The van der Waals surface area contributed by atoms with E-state index in [1.54, 1.807) is 0 Å². The number of hydrogen-bond acceptors (Lipinski definition) is 1. The Balaban J connectivity index is 1.76. The van der Waals surface area contributed by atoms with Crippen LogP contribution in [0.25, 0.3) is 0 Å². The molecule has 1 heteroatoms. The lowest BCUT2D eigenvalue weighted by Crippen LogP contribution is -1.92. The van der Waals surface area contributed by atoms with E-state index in [0.717, 1.165) is 0 Å². The molecular formula is C32H50S. The second-order valence-corrected chi connectivity index (χ2v) is 10.9. The molecule has 0 saturated carbocycles. The van der Waals surface area contributed by atoms with Crippen molar-refractivity contribution in [2.24, 2.45) is 0 Å². The molecule has 2 rings (SSSR count). The molecule has 0 N–H and O–H groups in total. The molecule has 0 amide bonds. The lowest BCUT2D eigenvalue weighted by molar-refractivity contribution is 0.574. The van der Waals surface area contributed by atoms with Crippen LogP contribution in [0.1, 0.15) is 128 Å². The van der Waals surface area contributed by atoms with Crippen LogP contribution >= 0.6 is 11.8 Å². The van der Waals surface area contributed by atoms with Gasteiger partial charge in [0.2, 0.25) is 0 Å². The Kier molecular flexibility index (Phi) is 16.3. The molecule has 0 saturated heterocycles. The topological polar surface area (TPSA) is 0 Å². The fourth-order valence-electron chi connectivity index (χ4n) is 4.64. The molecule has 0 spiro atoms. The highest BCUT2D eigenvalue weighted by atomic mass is 32.2. The van der Waals surface area contributed by atoms with Gasteiger partial charge in [-0.2, -0.15) is 0 Å². The van der Waals surface area contributed by atoms with E-state index in [0.29, 0.717) is 0 Å². The summed E-state index contributed by atoms with van der Waals surface area (Å²) in [7, 11) is 0. The van der Waals surface area contributed by atoms with Crippen molar-refractivity contribution in [1.82, 2.24) is 0 Å². The molecule has 0 aliphatic heterocycles. The molecule has 0 unspecified atom stereocenters. The molecule has 0 fully saturated rings. The zero-order valence-electron chi connectivity index (χ0n) is 21.8. The van der Waals surface area contributed by atoms with E-state index in [4.69, 9.17) is 0 Å². The van der Waals surface area contributed by atoms with E-state index >= 15 is 0 Å². The minimum absolute atomic E-state index is 1.22. The Labute approximate surface area is 210 Å². The zero-order chi connectivity index (χ0) is 23.4. The van der Waals surface area contributed by atoms with Crippen LogP contribution in [-0.4, -0.2) is 0 Å². The van der Waals surface area contributed by atoms with Gasteiger partial charge in [-0.25, -0.2) is 0 Å². The maximum atomic E-state index is 2.35. The molecule has 0 bridgehead atoms. The van der Waals surface area contributed by atoms with Gasteiger partial charge in [-0.15, -0.1) is 0 Å². The van der Waals surface area contributed by atoms with E-state index in [-0.39, 0.29) is 0 Å². The summed E-state index contributed by atoms with van der Waals surface area (Å²) in [6, 6.07) is 18.2. The number of benzene rings is 2. The first-order valence-electron chi connectivity index (χ1n) is 14.2. The van der Waals surface area contributed by atoms with Gasteiger partial charge < -0.3 is 0 Å². The van der Waals surface area contributed by atoms with E-state index in [1.165, 1.54) is 136 Å². The highest BCUT2D eigenvalue weighted by Gasteiger charge is 2.08. The first-order chi connectivity index (χ1) is 16.3. The van der Waals surface area contributed by atoms with Crippen molar-refractivity contribution >= 4 is 11.8 Å². The monoisotopic (exact) mass is 466 g/mol. The van der Waals surface area contributed by atoms with Crippen LogP contribution in [0.15, 0.2) is 58.3 Å². The standard InChI is InChI=1S/C32H50S/c1-3-5-7-9-11-13-15-17-23-29-25-19-21-27-31(29)33-32-28-22-20-26-30(32)24-18-16-14-12-10-8-6-4-2/h19-22,25-28H,3-18,23-24H2,1-2H3. The average molecular weight is 467 g/mol. The Morgan fingerprint density at radius 3 is 1.15 bits per heavy atom. The minimum Gasteiger partial charge on any atom is -0.0895 e. The van der Waals surface area contributed by atoms with E-state index in [1.807, 2.05) is 11.8 Å². The highest BCUT2D eigenvalue weighted by Crippen LogP contribution is 2.34. The Morgan fingerprint density at radius 1 is 0.424 bits per heavy atom. The predicted octanol–water partition coefficient (Wildman–Crippen LogP) is 11.2. The van der Waals surface area contributed by atoms with Crippen LogP contribution in [0.4, 0.5) is 0 Å². The van der Waals surface area contributed by atoms with Gasteiger partial charge in [-0.1, -0.05) is 152 Å². The summed E-state index contributed by atoms with van der Waals surface area (Å²) in [5, 5.41) is 0. The van der Waals surface area contributed by atoms with Crippen LogP contribution in [0.3, 0.4) is 0 Å². The molecule has 0 atom stereocenters. The Bertz CT molecular complexity index is 658. The third-order valence-electron chi connectivity index (χ3n) is 6.76. The van der Waals surface area contributed by atoms with Gasteiger partial charge in [0.05, 0.1) is 0 Å². The van der Waals surface area contributed by atoms with Crippen LogP contribution in [0.5, 0.6) is 0 Å². The van der Waals surface area contributed by atoms with Crippen molar-refractivity contribution < 1.29 is 0 Å². The highest BCUT2D eigenvalue weighted by molar-refractivity contribution is 7.99. The van der Waals surface area contributed by atoms with Gasteiger partial charge in [-0.05, 0) is 48.9 Å². The van der Waals surface area contributed by atoms with Gasteiger partial charge in [0.1, 0.15) is 0 Å². The lowest BCUT2D eigenvalue weighted by Gasteiger charge is -2.13. The average Bonchev–Trinajstić information content (AvgIpc) is 2.84. The molecule has 184 valence electrons. The molecule has 33 heavy (non-hydrogen) atoms. The number of unbranched alkanes of at least 4 members (excludes halogenated alkanes) is 14. The normalized spacial score (nSPS) is 11.2. The number of hydrogen-bond donors (Lipinski definition) is 0. The first-order valence-corrected chi connectivity index (χ1v) is 15.0. The van der Waals surface area contributed by atoms with E-state index < -0.39 is 0 Å². The van der Waals surface area contributed by atoms with E-state index in [9.17, 15) is 0 Å². The first kappa shape index (κ1) is 28.0. The predicted molar refractivity (Wildman–Crippen MR) is 150 cm³/mol. The Hall–Kier alpha value is -1.21. The van der Waals surface area contributed by atoms with Crippen molar-refractivity contribution in [3.63, 3.8) is 0 Å². The fraction of sp³-hybridized carbons (Fsp3) is 0.625. The molecule has 0 nitrogen and oxygen atoms in total. The number of rotatable bonds is 20. The van der Waals surface area contributed by atoms with Gasteiger partial charge in [-0.3, -0.25) is 0 Å². The quantitative estimate of drug-likeness (QED) is 0.175. The van der Waals surface area contributed by atoms with Gasteiger partial charge >= 0.3 is 0 Å². The summed E-state index contributed by atoms with van der Waals surface area (Å²) in [6.45, 7) is 4.59. The van der Waals surface area contributed by atoms with Crippen molar-refractivity contribution in [3.8, 4) is 0 Å². The van der Waals surface area contributed by atoms with Crippen molar-refractivity contribution in [1.29, 1.82) is 0 Å². The van der Waals surface area contributed by atoms with Crippen molar-refractivity contribution in [2.45, 2.75) is 139 Å². The summed E-state index contributed by atoms with van der Waals surface area (Å²) >= 11 is 2.00. The summed E-state index contributed by atoms with van der Waals surface area (Å²) in [6.07, 6.45) is 24.7. The molecule has 2 aromatic rings. The molecule has 0 aromatic heterocycles. The third-order valence-corrected chi connectivity index (χ3v) is 8.00. The SMILES string of the molecule is CCCCCCCCCCc1ccccc1Sc1ccccc1CCCCCCCCCC. The van der Waals surface area contributed by atoms with Gasteiger partial charge in [0, 0.05) is 9.79 Å². The van der Waals surface area contributed by atoms with Gasteiger partial charge in [0.25, 0.3) is 0 Å². The summed E-state index contributed by atoms with van der Waals surface area (Å²) in [5.74, 6) is 0. The molecule has 0 aliphatic rings. The van der Waals surface area contributed by atoms with Crippen molar-refractivity contribution in [2.75, 3.05) is 0 Å². The van der Waals surface area contributed by atoms with Crippen molar-refractivity contribution in [3.05, 3.63) is 59.7 Å². The molecule has 0 heterocycles. The number of aryl methyl sites for hydroxylation is 2. The smallest absolute Gasteiger partial charge is 0.0154 e. The van der Waals surface area contributed by atoms with Crippen LogP contribution in [-0.2, 0) is 12.8 Å². The summed E-state index contributed by atoms with van der Waals surface area (Å²) < 4.78 is 0. The maximum Gasteiger partial charge on any atom is 0.0154 e. The van der Waals surface area contributed by atoms with Crippen LogP contribution < -0.4 is 0 Å². The second kappa shape index (κ2) is 19.1. The van der Waals surface area contributed by atoms with Crippen LogP contribution in [0.2, 0.25) is 0 Å².